The number of hydrogen-bond acceptors (Lipinski definition) is 3. The van der Waals surface area contributed by atoms with Crippen molar-refractivity contribution in [3.63, 3.8) is 0 Å². The Balaban J connectivity index is 2.48. The van der Waals surface area contributed by atoms with Crippen LogP contribution in [0.1, 0.15) is 10.4 Å². The van der Waals surface area contributed by atoms with Crippen LogP contribution in [0.3, 0.4) is 0 Å². The zero-order valence-electron chi connectivity index (χ0n) is 8.27. The third-order valence-electron chi connectivity index (χ3n) is 2.21. The number of benzene rings is 1. The number of carbonyl (C=O) groups is 1. The van der Waals surface area contributed by atoms with Crippen LogP contribution in [0.25, 0.3) is 11.1 Å². The number of hydrogen-bond donors (Lipinski definition) is 0. The number of rotatable bonds is 3. The van der Waals surface area contributed by atoms with Crippen molar-refractivity contribution >= 4 is 6.29 Å². The molecular weight excluding hydrogens is 192 g/mol. The zero-order valence-corrected chi connectivity index (χ0v) is 8.27. The lowest BCUT2D eigenvalue weighted by Crippen LogP contribution is -1.90. The maximum absolute atomic E-state index is 10.8. The van der Waals surface area contributed by atoms with Crippen LogP contribution in [0, 0.1) is 0 Å². The van der Waals surface area contributed by atoms with E-state index in [9.17, 15) is 4.79 Å². The Morgan fingerprint density at radius 1 is 1.27 bits per heavy atom. The second kappa shape index (κ2) is 4.00. The van der Waals surface area contributed by atoms with E-state index in [1.807, 2.05) is 12.1 Å². The fourth-order valence-corrected chi connectivity index (χ4v) is 1.43. The van der Waals surface area contributed by atoms with Crippen molar-refractivity contribution in [2.24, 2.45) is 0 Å². The van der Waals surface area contributed by atoms with Crippen LogP contribution in [-0.4, -0.2) is 13.4 Å². The third kappa shape index (κ3) is 1.76. The lowest BCUT2D eigenvalue weighted by Gasteiger charge is -2.04. The van der Waals surface area contributed by atoms with Gasteiger partial charge in [0.1, 0.15) is 5.75 Å². The molecule has 0 aliphatic rings. The Labute approximate surface area is 87.3 Å². The van der Waals surface area contributed by atoms with Gasteiger partial charge in [0.05, 0.1) is 25.2 Å². The molecule has 0 saturated heterocycles. The highest BCUT2D eigenvalue weighted by atomic mass is 16.5. The molecule has 2 aromatic rings. The molecule has 0 saturated carbocycles. The van der Waals surface area contributed by atoms with Crippen molar-refractivity contribution in [1.82, 2.24) is 0 Å². The van der Waals surface area contributed by atoms with E-state index in [0.29, 0.717) is 11.3 Å². The SMILES string of the molecule is COc1ccc(-c2ccoc2)cc1C=O. The quantitative estimate of drug-likeness (QED) is 0.718. The standard InChI is InChI=1S/C12H10O3/c1-14-12-3-2-9(6-11(12)7-13)10-4-5-15-8-10/h2-8H,1H3. The molecule has 3 heteroatoms. The number of ether oxygens (including phenoxy) is 1. The molecular formula is C12H10O3. The van der Waals surface area contributed by atoms with Gasteiger partial charge in [-0.15, -0.1) is 0 Å². The van der Waals surface area contributed by atoms with Crippen LogP contribution in [0.2, 0.25) is 0 Å². The topological polar surface area (TPSA) is 39.4 Å². The number of aldehydes is 1. The molecule has 0 N–H and O–H groups in total. The van der Waals surface area contributed by atoms with Crippen LogP contribution in [0.5, 0.6) is 5.75 Å². The van der Waals surface area contributed by atoms with E-state index in [2.05, 4.69) is 0 Å². The monoisotopic (exact) mass is 202 g/mol. The van der Waals surface area contributed by atoms with Gasteiger partial charge < -0.3 is 9.15 Å². The van der Waals surface area contributed by atoms with Gasteiger partial charge in [-0.05, 0) is 23.8 Å². The summed E-state index contributed by atoms with van der Waals surface area (Å²) in [5, 5.41) is 0. The summed E-state index contributed by atoms with van der Waals surface area (Å²) in [4.78, 5) is 10.8. The normalized spacial score (nSPS) is 9.93. The summed E-state index contributed by atoms with van der Waals surface area (Å²) in [6, 6.07) is 7.27. The molecule has 76 valence electrons. The lowest BCUT2D eigenvalue weighted by atomic mass is 10.1. The van der Waals surface area contributed by atoms with Crippen molar-refractivity contribution in [3.05, 3.63) is 42.4 Å². The summed E-state index contributed by atoms with van der Waals surface area (Å²) in [6.07, 6.45) is 4.01. The molecule has 1 heterocycles. The molecule has 0 aliphatic heterocycles. The minimum absolute atomic E-state index is 0.538. The van der Waals surface area contributed by atoms with E-state index in [1.165, 1.54) is 0 Å². The average molecular weight is 202 g/mol. The summed E-state index contributed by atoms with van der Waals surface area (Å²) in [7, 11) is 1.54. The first-order chi connectivity index (χ1) is 7.35. The fraction of sp³-hybridized carbons (Fsp3) is 0.0833. The van der Waals surface area contributed by atoms with Gasteiger partial charge in [0.15, 0.2) is 6.29 Å². The van der Waals surface area contributed by atoms with Gasteiger partial charge in [-0.1, -0.05) is 6.07 Å². The smallest absolute Gasteiger partial charge is 0.153 e. The molecule has 1 aromatic carbocycles. The highest BCUT2D eigenvalue weighted by molar-refractivity contribution is 5.82. The molecule has 0 unspecified atom stereocenters. The van der Waals surface area contributed by atoms with Crippen molar-refractivity contribution in [3.8, 4) is 16.9 Å². The molecule has 1 aromatic heterocycles. The summed E-state index contributed by atoms with van der Waals surface area (Å²) >= 11 is 0. The largest absolute Gasteiger partial charge is 0.496 e. The number of carbonyl (C=O) groups excluding carboxylic acids is 1. The summed E-state index contributed by atoms with van der Waals surface area (Å²) < 4.78 is 10.0. The molecule has 0 spiro atoms. The van der Waals surface area contributed by atoms with Crippen molar-refractivity contribution in [2.45, 2.75) is 0 Å². The summed E-state index contributed by atoms with van der Waals surface area (Å²) in [5.74, 6) is 0.581. The molecule has 0 amide bonds. The lowest BCUT2D eigenvalue weighted by molar-refractivity contribution is 0.112. The Kier molecular flexibility index (Phi) is 2.54. The van der Waals surface area contributed by atoms with Gasteiger partial charge in [0.25, 0.3) is 0 Å². The van der Waals surface area contributed by atoms with Gasteiger partial charge in [0, 0.05) is 5.56 Å². The first kappa shape index (κ1) is 9.52. The minimum atomic E-state index is 0.538. The molecule has 0 radical (unpaired) electrons. The summed E-state index contributed by atoms with van der Waals surface area (Å²) in [5.41, 5.74) is 2.42. The molecule has 0 aliphatic carbocycles. The van der Waals surface area contributed by atoms with Gasteiger partial charge in [0.2, 0.25) is 0 Å². The van der Waals surface area contributed by atoms with Gasteiger partial charge >= 0.3 is 0 Å². The highest BCUT2D eigenvalue weighted by Crippen LogP contribution is 2.25. The second-order valence-corrected chi connectivity index (χ2v) is 3.09. The van der Waals surface area contributed by atoms with Crippen LogP contribution >= 0.6 is 0 Å². The average Bonchev–Trinajstić information content (AvgIpc) is 2.81. The van der Waals surface area contributed by atoms with E-state index in [4.69, 9.17) is 9.15 Å². The maximum atomic E-state index is 10.8. The minimum Gasteiger partial charge on any atom is -0.496 e. The third-order valence-corrected chi connectivity index (χ3v) is 2.21. The molecule has 15 heavy (non-hydrogen) atoms. The van der Waals surface area contributed by atoms with E-state index >= 15 is 0 Å². The van der Waals surface area contributed by atoms with Crippen LogP contribution in [-0.2, 0) is 0 Å². The second-order valence-electron chi connectivity index (χ2n) is 3.09. The van der Waals surface area contributed by atoms with Crippen LogP contribution in [0.4, 0.5) is 0 Å². The highest BCUT2D eigenvalue weighted by Gasteiger charge is 2.05. The molecule has 0 atom stereocenters. The Hall–Kier alpha value is -2.03. The van der Waals surface area contributed by atoms with Crippen molar-refractivity contribution in [1.29, 1.82) is 0 Å². The summed E-state index contributed by atoms with van der Waals surface area (Å²) in [6.45, 7) is 0. The van der Waals surface area contributed by atoms with Crippen molar-refractivity contribution in [2.75, 3.05) is 7.11 Å². The number of furan rings is 1. The molecule has 0 bridgehead atoms. The van der Waals surface area contributed by atoms with Gasteiger partial charge in [-0.3, -0.25) is 4.79 Å². The molecule has 3 nitrogen and oxygen atoms in total. The number of methoxy groups -OCH3 is 1. The van der Waals surface area contributed by atoms with Crippen LogP contribution in [0.15, 0.2) is 41.2 Å². The zero-order chi connectivity index (χ0) is 10.7. The molecule has 0 fully saturated rings. The van der Waals surface area contributed by atoms with Gasteiger partial charge in [-0.2, -0.15) is 0 Å². The first-order valence-electron chi connectivity index (χ1n) is 4.51. The Morgan fingerprint density at radius 2 is 2.13 bits per heavy atom. The van der Waals surface area contributed by atoms with Gasteiger partial charge in [-0.25, -0.2) is 0 Å². The van der Waals surface area contributed by atoms with E-state index in [0.717, 1.165) is 17.4 Å². The molecule has 2 rings (SSSR count). The Morgan fingerprint density at radius 3 is 2.73 bits per heavy atom. The first-order valence-corrected chi connectivity index (χ1v) is 4.51. The van der Waals surface area contributed by atoms with E-state index in [1.54, 1.807) is 31.8 Å². The fourth-order valence-electron chi connectivity index (χ4n) is 1.43. The Bertz CT molecular complexity index is 458. The van der Waals surface area contributed by atoms with E-state index in [-0.39, 0.29) is 0 Å². The predicted molar refractivity (Wildman–Crippen MR) is 56.1 cm³/mol. The predicted octanol–water partition coefficient (Wildman–Crippen LogP) is 2.77. The maximum Gasteiger partial charge on any atom is 0.153 e. The van der Waals surface area contributed by atoms with E-state index < -0.39 is 0 Å². The van der Waals surface area contributed by atoms with Crippen LogP contribution < -0.4 is 4.74 Å². The van der Waals surface area contributed by atoms with Crippen molar-refractivity contribution < 1.29 is 13.9 Å².